The molecule has 7 nitrogen and oxygen atoms in total. The van der Waals surface area contributed by atoms with Gasteiger partial charge in [0.05, 0.1) is 25.9 Å². The quantitative estimate of drug-likeness (QED) is 0.210. The largest absolute Gasteiger partial charge is 0.496 e. The van der Waals surface area contributed by atoms with E-state index in [1.165, 1.54) is 0 Å². The van der Waals surface area contributed by atoms with Gasteiger partial charge in [0, 0.05) is 23.7 Å². The van der Waals surface area contributed by atoms with Crippen molar-refractivity contribution in [1.29, 1.82) is 5.41 Å². The van der Waals surface area contributed by atoms with Gasteiger partial charge in [-0.05, 0) is 89.8 Å². The Morgan fingerprint density at radius 1 is 0.943 bits per heavy atom. The Morgan fingerprint density at radius 2 is 1.49 bits per heavy atom. The number of unbranched alkanes of at least 4 members (excludes halogenated alkanes) is 2. The molecule has 0 saturated heterocycles. The molecule has 2 rings (SSSR count). The summed E-state index contributed by atoms with van der Waals surface area (Å²) in [5.41, 5.74) is 7.58. The van der Waals surface area contributed by atoms with E-state index in [0.717, 1.165) is 30.6 Å². The summed E-state index contributed by atoms with van der Waals surface area (Å²) in [5.74, 6) is 2.03. The third-order valence-electron chi connectivity index (χ3n) is 5.55. The van der Waals surface area contributed by atoms with Gasteiger partial charge in [0.15, 0.2) is 0 Å². The zero-order valence-corrected chi connectivity index (χ0v) is 22.5. The minimum atomic E-state index is -0.0261. The number of ether oxygens (including phenoxy) is 3. The second-order valence-corrected chi connectivity index (χ2v) is 8.91. The number of amides is 1. The molecule has 0 unspecified atom stereocenters. The smallest absolute Gasteiger partial charge is 0.258 e. The zero-order valence-electron chi connectivity index (χ0n) is 21.7. The number of carbonyl (C=O) groups excluding carboxylic acids is 1. The Kier molecular flexibility index (Phi) is 12.4. The van der Waals surface area contributed by atoms with Crippen LogP contribution in [0.1, 0.15) is 68.4 Å². The van der Waals surface area contributed by atoms with Crippen LogP contribution in [0.15, 0.2) is 36.4 Å². The van der Waals surface area contributed by atoms with Gasteiger partial charge < -0.3 is 24.8 Å². The number of amidine groups is 1. The van der Waals surface area contributed by atoms with Crippen molar-refractivity contribution in [3.05, 3.63) is 53.1 Å². The Morgan fingerprint density at radius 3 is 1.97 bits per heavy atom. The predicted octanol–water partition coefficient (Wildman–Crippen LogP) is 5.60. The van der Waals surface area contributed by atoms with Crippen molar-refractivity contribution in [3.8, 4) is 17.2 Å². The number of hydrogen-bond acceptors (Lipinski definition) is 5. The topological polar surface area (TPSA) is 97.9 Å². The molecule has 2 aromatic carbocycles. The number of nitrogens with one attached hydrogen (secondary N) is 1. The maximum Gasteiger partial charge on any atom is 0.258 e. The Balaban J connectivity index is 0.00000612. The summed E-state index contributed by atoms with van der Waals surface area (Å²) in [6.07, 6.45) is 2.77. The first-order valence-corrected chi connectivity index (χ1v) is 11.9. The van der Waals surface area contributed by atoms with Crippen molar-refractivity contribution in [3.63, 3.8) is 0 Å². The molecule has 0 fully saturated rings. The molecule has 3 N–H and O–H groups in total. The number of hydrogen-bond donors (Lipinski definition) is 2. The maximum atomic E-state index is 13.2. The fourth-order valence-corrected chi connectivity index (χ4v) is 3.93. The third kappa shape index (κ3) is 8.66. The Labute approximate surface area is 215 Å². The molecule has 1 amide bonds. The molecule has 0 radical (unpaired) electrons. The lowest BCUT2D eigenvalue weighted by Gasteiger charge is -2.32. The van der Waals surface area contributed by atoms with E-state index in [4.69, 9.17) is 25.4 Å². The van der Waals surface area contributed by atoms with Crippen molar-refractivity contribution in [2.45, 2.75) is 66.0 Å². The molecular formula is C27H40ClN3O4. The van der Waals surface area contributed by atoms with Crippen LogP contribution in [0, 0.1) is 12.3 Å². The number of aryl methyl sites for hydroxylation is 1. The molecule has 0 aliphatic rings. The molecule has 2 aromatic rings. The first-order chi connectivity index (χ1) is 16.1. The fourth-order valence-electron chi connectivity index (χ4n) is 3.93. The first-order valence-electron chi connectivity index (χ1n) is 11.9. The molecule has 0 aliphatic heterocycles. The number of nitrogen functional groups attached to an aromatic ring is 1. The van der Waals surface area contributed by atoms with E-state index in [2.05, 4.69) is 0 Å². The van der Waals surface area contributed by atoms with Crippen LogP contribution in [0.5, 0.6) is 17.2 Å². The maximum absolute atomic E-state index is 13.2. The number of nitrogens with two attached hydrogens (primary N) is 1. The van der Waals surface area contributed by atoms with E-state index in [0.29, 0.717) is 35.8 Å². The minimum Gasteiger partial charge on any atom is -0.496 e. The van der Waals surface area contributed by atoms with E-state index in [1.54, 1.807) is 25.3 Å². The molecular weight excluding hydrogens is 466 g/mol. The van der Waals surface area contributed by atoms with Crippen LogP contribution in [-0.2, 0) is 0 Å². The van der Waals surface area contributed by atoms with Gasteiger partial charge in [0.25, 0.3) is 5.91 Å². The van der Waals surface area contributed by atoms with Crippen molar-refractivity contribution in [1.82, 2.24) is 4.90 Å². The van der Waals surface area contributed by atoms with Crippen molar-refractivity contribution < 1.29 is 19.0 Å². The van der Waals surface area contributed by atoms with Crippen LogP contribution in [0.2, 0.25) is 0 Å². The number of nitrogens with zero attached hydrogens (tertiary/aromatic N) is 1. The monoisotopic (exact) mass is 505 g/mol. The molecule has 0 spiro atoms. The van der Waals surface area contributed by atoms with Crippen LogP contribution in [0.25, 0.3) is 0 Å². The van der Waals surface area contributed by atoms with Gasteiger partial charge >= 0.3 is 0 Å². The van der Waals surface area contributed by atoms with Gasteiger partial charge in [-0.15, -0.1) is 12.4 Å². The molecule has 0 bridgehead atoms. The second-order valence-electron chi connectivity index (χ2n) is 8.91. The molecule has 0 aromatic heterocycles. The molecule has 0 atom stereocenters. The average Bonchev–Trinajstić information content (AvgIpc) is 2.77. The van der Waals surface area contributed by atoms with Crippen LogP contribution in [-0.4, -0.2) is 49.0 Å². The predicted molar refractivity (Wildman–Crippen MR) is 144 cm³/mol. The van der Waals surface area contributed by atoms with Crippen molar-refractivity contribution in [2.75, 3.05) is 20.3 Å². The highest BCUT2D eigenvalue weighted by Gasteiger charge is 2.26. The Bertz CT molecular complexity index is 954. The number of benzene rings is 2. The molecule has 0 aliphatic carbocycles. The van der Waals surface area contributed by atoms with Crippen molar-refractivity contribution in [2.24, 2.45) is 5.73 Å². The highest BCUT2D eigenvalue weighted by molar-refractivity contribution is 5.99. The van der Waals surface area contributed by atoms with Crippen LogP contribution >= 0.6 is 12.4 Å². The summed E-state index contributed by atoms with van der Waals surface area (Å²) >= 11 is 0. The van der Waals surface area contributed by atoms with Crippen LogP contribution in [0.3, 0.4) is 0 Å². The summed E-state index contributed by atoms with van der Waals surface area (Å²) in [7, 11) is 1.58. The average molecular weight is 506 g/mol. The molecule has 0 heterocycles. The lowest BCUT2D eigenvalue weighted by molar-refractivity contribution is 0.0639. The molecule has 35 heavy (non-hydrogen) atoms. The van der Waals surface area contributed by atoms with E-state index >= 15 is 0 Å². The van der Waals surface area contributed by atoms with Gasteiger partial charge in [0.2, 0.25) is 0 Å². The van der Waals surface area contributed by atoms with Gasteiger partial charge in [-0.1, -0.05) is 0 Å². The Hall–Kier alpha value is -2.93. The minimum absolute atomic E-state index is 0. The highest BCUT2D eigenvalue weighted by Crippen LogP contribution is 2.31. The van der Waals surface area contributed by atoms with Crippen molar-refractivity contribution >= 4 is 24.1 Å². The molecule has 8 heteroatoms. The summed E-state index contributed by atoms with van der Waals surface area (Å²) in [4.78, 5) is 15.1. The lowest BCUT2D eigenvalue weighted by atomic mass is 10.0. The van der Waals surface area contributed by atoms with Crippen LogP contribution in [0.4, 0.5) is 0 Å². The summed E-state index contributed by atoms with van der Waals surface area (Å²) in [6, 6.07) is 11.1. The zero-order chi connectivity index (χ0) is 25.3. The van der Waals surface area contributed by atoms with E-state index in [-0.39, 0.29) is 36.2 Å². The number of carbonyl (C=O) groups is 1. The van der Waals surface area contributed by atoms with Crippen LogP contribution < -0.4 is 19.9 Å². The van der Waals surface area contributed by atoms with E-state index < -0.39 is 0 Å². The number of halogens is 1. The van der Waals surface area contributed by atoms with Gasteiger partial charge in [-0.2, -0.15) is 0 Å². The van der Waals surface area contributed by atoms with E-state index in [9.17, 15) is 4.79 Å². The number of methoxy groups -OCH3 is 1. The first kappa shape index (κ1) is 30.1. The normalized spacial score (nSPS) is 10.6. The highest BCUT2D eigenvalue weighted by atomic mass is 35.5. The third-order valence-corrected chi connectivity index (χ3v) is 5.55. The molecule has 194 valence electrons. The summed E-state index contributed by atoms with van der Waals surface area (Å²) in [5, 5.41) is 7.41. The number of rotatable bonds is 13. The van der Waals surface area contributed by atoms with Gasteiger partial charge in [-0.25, -0.2) is 0 Å². The van der Waals surface area contributed by atoms with E-state index in [1.807, 2.05) is 57.7 Å². The standard InChI is InChI=1S/C27H39N3O4.ClH/c1-18(2)30(19(3)4)27(31)25-20(5)16-23(17-24(25)32-6)34-15-9-7-8-14-33-22-12-10-21(11-13-22)26(28)29;/h10-13,16-19H,7-9,14-15H2,1-6H3,(H3,28,29);1H. The summed E-state index contributed by atoms with van der Waals surface area (Å²) < 4.78 is 17.2. The molecule has 0 saturated carbocycles. The SMILES string of the molecule is COc1cc(OCCCCCOc2ccc(C(=N)N)cc2)cc(C)c1C(=O)N(C(C)C)C(C)C.Cl. The van der Waals surface area contributed by atoms with Gasteiger partial charge in [-0.3, -0.25) is 10.2 Å². The van der Waals surface area contributed by atoms with Gasteiger partial charge in [0.1, 0.15) is 23.1 Å². The fraction of sp³-hybridized carbons (Fsp3) is 0.481. The summed E-state index contributed by atoms with van der Waals surface area (Å²) in [6.45, 7) is 11.2. The second kappa shape index (κ2) is 14.5. The lowest BCUT2D eigenvalue weighted by Crippen LogP contribution is -2.42.